The number of nitrogens with zero attached hydrogens (tertiary/aromatic N) is 4. The van der Waals surface area contributed by atoms with Gasteiger partial charge in [-0.15, -0.1) is 0 Å². The molecule has 0 unspecified atom stereocenters. The van der Waals surface area contributed by atoms with Crippen LogP contribution in [-0.2, 0) is 6.54 Å². The van der Waals surface area contributed by atoms with Gasteiger partial charge in [-0.25, -0.2) is 9.97 Å². The minimum Gasteiger partial charge on any atom is -0.326 e. The first kappa shape index (κ1) is 8.45. The lowest BCUT2D eigenvalue weighted by Gasteiger charge is -1.90. The minimum atomic E-state index is 0.622. The number of hydrogen-bond acceptors (Lipinski definition) is 3. The van der Waals surface area contributed by atoms with E-state index in [-0.39, 0.29) is 0 Å². The molecular formula is C10H8N4. The molecule has 0 saturated carbocycles. The molecule has 0 aliphatic rings. The molecule has 0 aromatic carbocycles. The van der Waals surface area contributed by atoms with Crippen LogP contribution in [0.4, 0.5) is 0 Å². The molecule has 0 radical (unpaired) electrons. The van der Waals surface area contributed by atoms with Crippen LogP contribution >= 0.6 is 0 Å². The summed E-state index contributed by atoms with van der Waals surface area (Å²) in [5.41, 5.74) is 0.688. The Morgan fingerprint density at radius 1 is 1.21 bits per heavy atom. The Morgan fingerprint density at radius 3 is 2.93 bits per heavy atom. The van der Waals surface area contributed by atoms with Gasteiger partial charge in [0.25, 0.3) is 0 Å². The molecule has 4 heteroatoms. The zero-order valence-electron chi connectivity index (χ0n) is 7.46. The van der Waals surface area contributed by atoms with Crippen molar-refractivity contribution >= 4 is 0 Å². The molecule has 0 fully saturated rings. The van der Waals surface area contributed by atoms with E-state index in [1.165, 1.54) is 0 Å². The molecule has 0 spiro atoms. The van der Waals surface area contributed by atoms with Crippen molar-refractivity contribution in [2.45, 2.75) is 6.54 Å². The first-order chi connectivity index (χ1) is 6.95. The SMILES string of the molecule is C(#Cc1cnccn1)Cn1ccnc1. The third-order valence-corrected chi connectivity index (χ3v) is 1.60. The van der Waals surface area contributed by atoms with E-state index >= 15 is 0 Å². The molecule has 0 amide bonds. The van der Waals surface area contributed by atoms with Crippen molar-refractivity contribution in [3.63, 3.8) is 0 Å². The van der Waals surface area contributed by atoms with Crippen LogP contribution in [0.15, 0.2) is 37.3 Å². The zero-order chi connectivity index (χ0) is 9.64. The van der Waals surface area contributed by atoms with Crippen LogP contribution in [0.25, 0.3) is 0 Å². The Labute approximate surface area is 81.7 Å². The average Bonchev–Trinajstić information content (AvgIpc) is 2.72. The topological polar surface area (TPSA) is 43.6 Å². The van der Waals surface area contributed by atoms with Crippen LogP contribution in [0.1, 0.15) is 5.69 Å². The molecule has 2 aromatic rings. The normalized spacial score (nSPS) is 9.14. The second kappa shape index (κ2) is 4.19. The second-order valence-corrected chi connectivity index (χ2v) is 2.63. The molecule has 0 saturated heterocycles. The van der Waals surface area contributed by atoms with E-state index < -0.39 is 0 Å². The van der Waals surface area contributed by atoms with Crippen LogP contribution in [0.2, 0.25) is 0 Å². The molecule has 68 valence electrons. The van der Waals surface area contributed by atoms with Crippen molar-refractivity contribution < 1.29 is 0 Å². The summed E-state index contributed by atoms with van der Waals surface area (Å²) >= 11 is 0. The number of hydrogen-bond donors (Lipinski definition) is 0. The minimum absolute atomic E-state index is 0.622. The Morgan fingerprint density at radius 2 is 2.21 bits per heavy atom. The van der Waals surface area contributed by atoms with Crippen LogP contribution in [0.5, 0.6) is 0 Å². The highest BCUT2D eigenvalue weighted by molar-refractivity contribution is 5.23. The molecular weight excluding hydrogens is 176 g/mol. The van der Waals surface area contributed by atoms with Crippen LogP contribution in [0.3, 0.4) is 0 Å². The lowest BCUT2D eigenvalue weighted by molar-refractivity contribution is 0.839. The highest BCUT2D eigenvalue weighted by Gasteiger charge is 1.85. The number of rotatable bonds is 1. The smallest absolute Gasteiger partial charge is 0.131 e. The summed E-state index contributed by atoms with van der Waals surface area (Å²) in [5, 5.41) is 0. The summed E-state index contributed by atoms with van der Waals surface area (Å²) in [5.74, 6) is 5.89. The average molecular weight is 184 g/mol. The fraction of sp³-hybridized carbons (Fsp3) is 0.100. The molecule has 2 aromatic heterocycles. The summed E-state index contributed by atoms with van der Waals surface area (Å²) in [6, 6.07) is 0. The molecule has 0 aliphatic carbocycles. The second-order valence-electron chi connectivity index (χ2n) is 2.63. The summed E-state index contributed by atoms with van der Waals surface area (Å²) < 4.78 is 1.89. The van der Waals surface area contributed by atoms with Gasteiger partial charge in [-0.1, -0.05) is 5.92 Å². The highest BCUT2D eigenvalue weighted by Crippen LogP contribution is 1.87. The van der Waals surface area contributed by atoms with Gasteiger partial charge in [0.05, 0.1) is 19.1 Å². The molecule has 4 nitrogen and oxygen atoms in total. The Bertz CT molecular complexity index is 436. The maximum absolute atomic E-state index is 4.04. The standard InChI is InChI=1S/C10H8N4/c1(6-14-7-5-12-9-14)2-10-8-11-3-4-13-10/h3-5,7-9H,6H2. The number of aromatic nitrogens is 4. The molecule has 0 N–H and O–H groups in total. The van der Waals surface area contributed by atoms with Crippen molar-refractivity contribution in [3.05, 3.63) is 43.0 Å². The highest BCUT2D eigenvalue weighted by atomic mass is 15.0. The van der Waals surface area contributed by atoms with Crippen molar-refractivity contribution in [1.82, 2.24) is 19.5 Å². The third-order valence-electron chi connectivity index (χ3n) is 1.60. The summed E-state index contributed by atoms with van der Waals surface area (Å²) in [7, 11) is 0. The van der Waals surface area contributed by atoms with Gasteiger partial charge in [-0.2, -0.15) is 0 Å². The number of imidazole rings is 1. The van der Waals surface area contributed by atoms with Gasteiger partial charge in [0.1, 0.15) is 5.69 Å². The first-order valence-electron chi connectivity index (χ1n) is 4.16. The molecule has 2 heterocycles. The van der Waals surface area contributed by atoms with E-state index in [0.29, 0.717) is 12.2 Å². The van der Waals surface area contributed by atoms with Crippen molar-refractivity contribution in [2.75, 3.05) is 0 Å². The lowest BCUT2D eigenvalue weighted by Crippen LogP contribution is -1.90. The fourth-order valence-corrected chi connectivity index (χ4v) is 0.965. The molecule has 2 rings (SSSR count). The predicted octanol–water partition coefficient (Wildman–Crippen LogP) is 0.725. The summed E-state index contributed by atoms with van der Waals surface area (Å²) in [6.07, 6.45) is 10.2. The Balaban J connectivity index is 2.02. The van der Waals surface area contributed by atoms with E-state index in [1.807, 2.05) is 10.8 Å². The van der Waals surface area contributed by atoms with Gasteiger partial charge in [-0.05, 0) is 5.92 Å². The fourth-order valence-electron chi connectivity index (χ4n) is 0.965. The molecule has 14 heavy (non-hydrogen) atoms. The Hall–Kier alpha value is -2.15. The summed E-state index contributed by atoms with van der Waals surface area (Å²) in [4.78, 5) is 11.9. The molecule has 0 bridgehead atoms. The third kappa shape index (κ3) is 2.17. The largest absolute Gasteiger partial charge is 0.326 e. The Kier molecular flexibility index (Phi) is 2.53. The molecule has 0 atom stereocenters. The van der Waals surface area contributed by atoms with E-state index in [4.69, 9.17) is 0 Å². The van der Waals surface area contributed by atoms with Crippen molar-refractivity contribution in [1.29, 1.82) is 0 Å². The maximum atomic E-state index is 4.04. The van der Waals surface area contributed by atoms with Gasteiger partial charge >= 0.3 is 0 Å². The predicted molar refractivity (Wildman–Crippen MR) is 51.1 cm³/mol. The van der Waals surface area contributed by atoms with E-state index in [0.717, 1.165) is 0 Å². The zero-order valence-corrected chi connectivity index (χ0v) is 7.46. The lowest BCUT2D eigenvalue weighted by atomic mass is 10.4. The van der Waals surface area contributed by atoms with E-state index in [2.05, 4.69) is 26.8 Å². The monoisotopic (exact) mass is 184 g/mol. The van der Waals surface area contributed by atoms with Crippen molar-refractivity contribution in [2.24, 2.45) is 0 Å². The van der Waals surface area contributed by atoms with Crippen LogP contribution in [-0.4, -0.2) is 19.5 Å². The first-order valence-corrected chi connectivity index (χ1v) is 4.16. The molecule has 0 aliphatic heterocycles. The van der Waals surface area contributed by atoms with Gasteiger partial charge < -0.3 is 4.57 Å². The van der Waals surface area contributed by atoms with E-state index in [9.17, 15) is 0 Å². The van der Waals surface area contributed by atoms with E-state index in [1.54, 1.807) is 31.1 Å². The maximum Gasteiger partial charge on any atom is 0.131 e. The van der Waals surface area contributed by atoms with Gasteiger partial charge in [-0.3, -0.25) is 4.98 Å². The summed E-state index contributed by atoms with van der Waals surface area (Å²) in [6.45, 7) is 0.622. The van der Waals surface area contributed by atoms with Gasteiger partial charge in [0.2, 0.25) is 0 Å². The van der Waals surface area contributed by atoms with Crippen molar-refractivity contribution in [3.8, 4) is 11.8 Å². The van der Waals surface area contributed by atoms with Crippen LogP contribution < -0.4 is 0 Å². The van der Waals surface area contributed by atoms with Crippen LogP contribution in [0, 0.1) is 11.8 Å². The quantitative estimate of drug-likeness (QED) is 0.613. The van der Waals surface area contributed by atoms with Gasteiger partial charge in [0, 0.05) is 24.8 Å². The van der Waals surface area contributed by atoms with Gasteiger partial charge in [0.15, 0.2) is 0 Å².